The summed E-state index contributed by atoms with van der Waals surface area (Å²) in [6, 6.07) is 3.56. The van der Waals surface area contributed by atoms with Crippen molar-refractivity contribution in [2.75, 3.05) is 31.6 Å². The third kappa shape index (κ3) is 5.70. The molecule has 0 atom stereocenters. The molecular weight excluding hydrogens is 242 g/mol. The topological polar surface area (TPSA) is 63.2 Å². The van der Waals surface area contributed by atoms with Crippen LogP contribution in [0.3, 0.4) is 0 Å². The van der Waals surface area contributed by atoms with Gasteiger partial charge in [-0.3, -0.25) is 4.79 Å². The lowest BCUT2D eigenvalue weighted by atomic mass is 10.2. The van der Waals surface area contributed by atoms with Crippen LogP contribution in [-0.2, 0) is 4.74 Å². The molecular formula is C14H23N3O2. The average Bonchev–Trinajstić information content (AvgIpc) is 2.40. The van der Waals surface area contributed by atoms with Crippen LogP contribution in [0.2, 0.25) is 0 Å². The fraction of sp³-hybridized carbons (Fsp3) is 0.571. The Bertz CT molecular complexity index is 408. The molecule has 0 unspecified atom stereocenters. The van der Waals surface area contributed by atoms with Gasteiger partial charge in [0.2, 0.25) is 0 Å². The molecule has 19 heavy (non-hydrogen) atoms. The van der Waals surface area contributed by atoms with Crippen molar-refractivity contribution < 1.29 is 9.53 Å². The Labute approximate surface area is 114 Å². The minimum atomic E-state index is -0.0928. The maximum Gasteiger partial charge on any atom is 0.251 e. The minimum Gasteiger partial charge on any atom is -0.380 e. The Morgan fingerprint density at radius 1 is 1.32 bits per heavy atom. The second-order valence-corrected chi connectivity index (χ2v) is 4.26. The van der Waals surface area contributed by atoms with Crippen molar-refractivity contribution in [3.63, 3.8) is 0 Å². The van der Waals surface area contributed by atoms with Gasteiger partial charge in [-0.15, -0.1) is 0 Å². The molecule has 0 spiro atoms. The first-order chi connectivity index (χ1) is 9.17. The number of aryl methyl sites for hydroxylation is 1. The van der Waals surface area contributed by atoms with Gasteiger partial charge in [0.1, 0.15) is 5.82 Å². The van der Waals surface area contributed by atoms with Gasteiger partial charge >= 0.3 is 0 Å². The van der Waals surface area contributed by atoms with Gasteiger partial charge < -0.3 is 15.4 Å². The van der Waals surface area contributed by atoms with Crippen LogP contribution in [0.1, 0.15) is 36.3 Å². The highest BCUT2D eigenvalue weighted by molar-refractivity contribution is 5.94. The number of hydrogen-bond acceptors (Lipinski definition) is 4. The fourth-order valence-corrected chi connectivity index (χ4v) is 1.63. The number of hydrogen-bond donors (Lipinski definition) is 2. The smallest absolute Gasteiger partial charge is 0.251 e. The maximum atomic E-state index is 12.0. The number of carbonyl (C=O) groups excluding carboxylic acids is 1. The van der Waals surface area contributed by atoms with Crippen molar-refractivity contribution in [2.45, 2.75) is 27.2 Å². The summed E-state index contributed by atoms with van der Waals surface area (Å²) in [6.07, 6.45) is 1.02. The first kappa shape index (κ1) is 15.4. The number of nitrogens with zero attached hydrogens (tertiary/aromatic N) is 1. The standard InChI is InChI=1S/C14H23N3O2/c1-4-6-15-13-10-12(9-11(3)17-13)14(18)16-7-8-19-5-2/h9-10H,4-8H2,1-3H3,(H,15,17)(H,16,18). The van der Waals surface area contributed by atoms with Crippen molar-refractivity contribution in [1.29, 1.82) is 0 Å². The summed E-state index contributed by atoms with van der Waals surface area (Å²) in [4.78, 5) is 16.3. The van der Waals surface area contributed by atoms with E-state index in [1.807, 2.05) is 13.8 Å². The van der Waals surface area contributed by atoms with E-state index in [0.717, 1.165) is 24.5 Å². The molecule has 0 fully saturated rings. The highest BCUT2D eigenvalue weighted by atomic mass is 16.5. The zero-order valence-electron chi connectivity index (χ0n) is 12.0. The third-order valence-corrected chi connectivity index (χ3v) is 2.51. The minimum absolute atomic E-state index is 0.0928. The van der Waals surface area contributed by atoms with Gasteiger partial charge in [0.05, 0.1) is 6.61 Å². The summed E-state index contributed by atoms with van der Waals surface area (Å²) in [7, 11) is 0. The normalized spacial score (nSPS) is 10.3. The summed E-state index contributed by atoms with van der Waals surface area (Å²) in [5.74, 6) is 0.654. The highest BCUT2D eigenvalue weighted by Gasteiger charge is 2.07. The van der Waals surface area contributed by atoms with Crippen molar-refractivity contribution >= 4 is 11.7 Å². The van der Waals surface area contributed by atoms with E-state index in [9.17, 15) is 4.79 Å². The van der Waals surface area contributed by atoms with Crippen LogP contribution in [0.4, 0.5) is 5.82 Å². The molecule has 0 aliphatic heterocycles. The van der Waals surface area contributed by atoms with Crippen LogP contribution in [0, 0.1) is 6.92 Å². The van der Waals surface area contributed by atoms with Crippen LogP contribution in [-0.4, -0.2) is 37.2 Å². The molecule has 5 nitrogen and oxygen atoms in total. The first-order valence-electron chi connectivity index (χ1n) is 6.75. The lowest BCUT2D eigenvalue weighted by Gasteiger charge is -2.09. The lowest BCUT2D eigenvalue weighted by Crippen LogP contribution is -2.27. The SMILES string of the molecule is CCCNc1cc(C(=O)NCCOCC)cc(C)n1. The summed E-state index contributed by atoms with van der Waals surface area (Å²) >= 11 is 0. The summed E-state index contributed by atoms with van der Waals surface area (Å²) in [5, 5.41) is 6.02. The Morgan fingerprint density at radius 3 is 2.79 bits per heavy atom. The van der Waals surface area contributed by atoms with Crippen molar-refractivity contribution in [1.82, 2.24) is 10.3 Å². The summed E-state index contributed by atoms with van der Waals surface area (Å²) in [5.41, 5.74) is 1.46. The van der Waals surface area contributed by atoms with Gasteiger partial charge in [-0.2, -0.15) is 0 Å². The highest BCUT2D eigenvalue weighted by Crippen LogP contribution is 2.10. The van der Waals surface area contributed by atoms with Crippen molar-refractivity contribution in [3.8, 4) is 0 Å². The van der Waals surface area contributed by atoms with Gasteiger partial charge in [-0.25, -0.2) is 4.98 Å². The molecule has 1 aromatic rings. The van der Waals surface area contributed by atoms with E-state index in [1.54, 1.807) is 12.1 Å². The molecule has 1 heterocycles. The molecule has 1 aromatic heterocycles. The molecule has 1 rings (SSSR count). The molecule has 0 bridgehead atoms. The number of carbonyl (C=O) groups is 1. The van der Waals surface area contributed by atoms with Gasteiger partial charge in [0, 0.05) is 31.0 Å². The lowest BCUT2D eigenvalue weighted by molar-refractivity contribution is 0.0922. The van der Waals surface area contributed by atoms with E-state index in [-0.39, 0.29) is 5.91 Å². The zero-order chi connectivity index (χ0) is 14.1. The first-order valence-corrected chi connectivity index (χ1v) is 6.75. The predicted octanol–water partition coefficient (Wildman–Crippen LogP) is 1.98. The average molecular weight is 265 g/mol. The molecule has 5 heteroatoms. The number of pyridine rings is 1. The number of aromatic nitrogens is 1. The number of amides is 1. The molecule has 0 aliphatic rings. The Morgan fingerprint density at radius 2 is 2.11 bits per heavy atom. The second-order valence-electron chi connectivity index (χ2n) is 4.26. The largest absolute Gasteiger partial charge is 0.380 e. The van der Waals surface area contributed by atoms with Crippen LogP contribution in [0.25, 0.3) is 0 Å². The Balaban J connectivity index is 2.60. The number of anilines is 1. The van der Waals surface area contributed by atoms with E-state index < -0.39 is 0 Å². The Hall–Kier alpha value is -1.62. The molecule has 0 aliphatic carbocycles. The van der Waals surface area contributed by atoms with Gasteiger partial charge in [0.25, 0.3) is 5.91 Å². The molecule has 0 saturated carbocycles. The van der Waals surface area contributed by atoms with Gasteiger partial charge in [-0.05, 0) is 32.4 Å². The molecule has 2 N–H and O–H groups in total. The Kier molecular flexibility index (Phi) is 6.89. The number of ether oxygens (including phenoxy) is 1. The number of rotatable bonds is 8. The van der Waals surface area contributed by atoms with E-state index >= 15 is 0 Å². The van der Waals surface area contributed by atoms with E-state index in [1.165, 1.54) is 0 Å². The molecule has 0 aromatic carbocycles. The van der Waals surface area contributed by atoms with E-state index in [0.29, 0.717) is 25.3 Å². The monoisotopic (exact) mass is 265 g/mol. The molecule has 1 amide bonds. The van der Waals surface area contributed by atoms with Gasteiger partial charge in [0.15, 0.2) is 0 Å². The fourth-order valence-electron chi connectivity index (χ4n) is 1.63. The van der Waals surface area contributed by atoms with Crippen LogP contribution in [0.5, 0.6) is 0 Å². The predicted molar refractivity (Wildman–Crippen MR) is 76.6 cm³/mol. The quantitative estimate of drug-likeness (QED) is 0.705. The summed E-state index contributed by atoms with van der Waals surface area (Å²) in [6.45, 7) is 8.47. The van der Waals surface area contributed by atoms with E-state index in [2.05, 4.69) is 22.5 Å². The van der Waals surface area contributed by atoms with Crippen LogP contribution < -0.4 is 10.6 Å². The summed E-state index contributed by atoms with van der Waals surface area (Å²) < 4.78 is 5.18. The van der Waals surface area contributed by atoms with Crippen LogP contribution >= 0.6 is 0 Å². The van der Waals surface area contributed by atoms with Gasteiger partial charge in [-0.1, -0.05) is 6.92 Å². The third-order valence-electron chi connectivity index (χ3n) is 2.51. The van der Waals surface area contributed by atoms with Crippen molar-refractivity contribution in [3.05, 3.63) is 23.4 Å². The number of nitrogens with one attached hydrogen (secondary N) is 2. The molecule has 0 saturated heterocycles. The van der Waals surface area contributed by atoms with Crippen LogP contribution in [0.15, 0.2) is 12.1 Å². The second kappa shape index (κ2) is 8.48. The molecule has 106 valence electrons. The molecule has 0 radical (unpaired) electrons. The van der Waals surface area contributed by atoms with Crippen molar-refractivity contribution in [2.24, 2.45) is 0 Å². The maximum absolute atomic E-state index is 12.0. The zero-order valence-corrected chi connectivity index (χ0v) is 12.0. The van der Waals surface area contributed by atoms with E-state index in [4.69, 9.17) is 4.74 Å².